The summed E-state index contributed by atoms with van der Waals surface area (Å²) in [5.74, 6) is 0.0749. The minimum Gasteiger partial charge on any atom is -0.376 e. The number of hydrogen-bond donors (Lipinski definition) is 1. The van der Waals surface area contributed by atoms with Gasteiger partial charge in [-0.2, -0.15) is 4.31 Å². The molecule has 2 aliphatic heterocycles. The Morgan fingerprint density at radius 3 is 2.13 bits per heavy atom. The quantitative estimate of drug-likeness (QED) is 0.742. The number of nitrogens with one attached hydrogen (secondary N) is 1. The number of benzene rings is 1. The molecule has 8 heteroatoms. The average molecular weight is 437 g/mol. The molecule has 3 rings (SSSR count). The Morgan fingerprint density at radius 1 is 0.933 bits per heavy atom. The van der Waals surface area contributed by atoms with Gasteiger partial charge in [-0.15, -0.1) is 0 Å². The van der Waals surface area contributed by atoms with Crippen molar-refractivity contribution in [2.45, 2.75) is 56.3 Å². The third-order valence-corrected chi connectivity index (χ3v) is 7.94. The van der Waals surface area contributed by atoms with E-state index in [1.807, 2.05) is 30.0 Å². The zero-order valence-electron chi connectivity index (χ0n) is 18.4. The van der Waals surface area contributed by atoms with E-state index < -0.39 is 10.0 Å². The molecular formula is C22H36N4O3S. The van der Waals surface area contributed by atoms with Gasteiger partial charge in [-0.3, -0.25) is 4.79 Å². The van der Waals surface area contributed by atoms with Gasteiger partial charge in [0, 0.05) is 40.3 Å². The molecule has 0 atom stereocenters. The molecule has 2 saturated heterocycles. The van der Waals surface area contributed by atoms with Crippen LogP contribution in [0.2, 0.25) is 0 Å². The van der Waals surface area contributed by atoms with Crippen LogP contribution in [0.4, 0.5) is 11.4 Å². The highest BCUT2D eigenvalue weighted by atomic mass is 32.2. The van der Waals surface area contributed by atoms with E-state index in [9.17, 15) is 13.2 Å². The van der Waals surface area contributed by atoms with Crippen LogP contribution < -0.4 is 10.2 Å². The number of sulfonamides is 1. The maximum atomic E-state index is 13.1. The summed E-state index contributed by atoms with van der Waals surface area (Å²) < 4.78 is 27.8. The standard InChI is InChI=1S/C22H36N4O3S/c1-24(2)21-12-11-19(30(28,29)26-15-9-6-10-16-26)17-20(21)23-18-22(27)25-13-7-4-3-5-8-14-25/h11-12,17,23H,3-10,13-16,18H2,1-2H3. The summed E-state index contributed by atoms with van der Waals surface area (Å²) in [5, 5.41) is 3.23. The Morgan fingerprint density at radius 2 is 1.50 bits per heavy atom. The van der Waals surface area contributed by atoms with Gasteiger partial charge in [0.05, 0.1) is 22.8 Å². The molecule has 7 nitrogen and oxygen atoms in total. The van der Waals surface area contributed by atoms with Gasteiger partial charge < -0.3 is 15.1 Å². The number of nitrogens with zero attached hydrogens (tertiary/aromatic N) is 3. The highest BCUT2D eigenvalue weighted by molar-refractivity contribution is 7.89. The van der Waals surface area contributed by atoms with Gasteiger partial charge in [0.1, 0.15) is 0 Å². The molecule has 2 aliphatic rings. The van der Waals surface area contributed by atoms with Crippen LogP contribution in [-0.2, 0) is 14.8 Å². The van der Waals surface area contributed by atoms with Crippen molar-refractivity contribution in [2.75, 3.05) is 57.0 Å². The maximum absolute atomic E-state index is 13.1. The van der Waals surface area contributed by atoms with Crippen LogP contribution in [0.3, 0.4) is 0 Å². The fraction of sp³-hybridized carbons (Fsp3) is 0.682. The van der Waals surface area contributed by atoms with Gasteiger partial charge in [-0.1, -0.05) is 25.7 Å². The third kappa shape index (κ3) is 5.66. The number of carbonyl (C=O) groups is 1. The van der Waals surface area contributed by atoms with Gasteiger partial charge >= 0.3 is 0 Å². The van der Waals surface area contributed by atoms with Crippen molar-refractivity contribution in [2.24, 2.45) is 0 Å². The summed E-state index contributed by atoms with van der Waals surface area (Å²) in [7, 11) is 0.317. The van der Waals surface area contributed by atoms with Crippen LogP contribution in [0.15, 0.2) is 23.1 Å². The van der Waals surface area contributed by atoms with Gasteiger partial charge in [0.25, 0.3) is 0 Å². The lowest BCUT2D eigenvalue weighted by Gasteiger charge is -2.27. The molecule has 2 heterocycles. The first-order chi connectivity index (χ1) is 14.4. The van der Waals surface area contributed by atoms with Crippen LogP contribution in [0.1, 0.15) is 51.4 Å². The molecule has 30 heavy (non-hydrogen) atoms. The highest BCUT2D eigenvalue weighted by Gasteiger charge is 2.27. The molecule has 1 aromatic carbocycles. The second-order valence-electron chi connectivity index (χ2n) is 8.54. The van der Waals surface area contributed by atoms with Crippen molar-refractivity contribution in [3.63, 3.8) is 0 Å². The predicted molar refractivity (Wildman–Crippen MR) is 122 cm³/mol. The van der Waals surface area contributed by atoms with E-state index in [0.29, 0.717) is 18.8 Å². The Hall–Kier alpha value is -1.80. The molecule has 0 spiro atoms. The van der Waals surface area contributed by atoms with Crippen LogP contribution in [0.25, 0.3) is 0 Å². The number of hydrogen-bond acceptors (Lipinski definition) is 5. The second kappa shape index (κ2) is 10.5. The molecule has 1 amide bonds. The van der Waals surface area contributed by atoms with Gasteiger partial charge in [0.15, 0.2) is 0 Å². The lowest BCUT2D eigenvalue weighted by molar-refractivity contribution is -0.129. The zero-order valence-corrected chi connectivity index (χ0v) is 19.2. The molecule has 1 aromatic rings. The molecule has 2 fully saturated rings. The molecule has 0 aromatic heterocycles. The van der Waals surface area contributed by atoms with Crippen molar-refractivity contribution in [1.29, 1.82) is 0 Å². The largest absolute Gasteiger partial charge is 0.376 e. The first kappa shape index (κ1) is 22.9. The monoisotopic (exact) mass is 436 g/mol. The topological polar surface area (TPSA) is 73.0 Å². The minimum atomic E-state index is -3.52. The third-order valence-electron chi connectivity index (χ3n) is 6.04. The molecule has 0 bridgehead atoms. The SMILES string of the molecule is CN(C)c1ccc(S(=O)(=O)N2CCCCC2)cc1NCC(=O)N1CCCCCCC1. The van der Waals surface area contributed by atoms with Gasteiger partial charge in [-0.25, -0.2) is 8.42 Å². The van der Waals surface area contributed by atoms with Gasteiger partial charge in [-0.05, 0) is 43.9 Å². The van der Waals surface area contributed by atoms with E-state index in [0.717, 1.165) is 50.9 Å². The number of likely N-dealkylation sites (tertiary alicyclic amines) is 1. The first-order valence-corrected chi connectivity index (χ1v) is 12.7. The van der Waals surface area contributed by atoms with Crippen LogP contribution >= 0.6 is 0 Å². The first-order valence-electron chi connectivity index (χ1n) is 11.2. The van der Waals surface area contributed by atoms with Crippen LogP contribution in [0.5, 0.6) is 0 Å². The van der Waals surface area contributed by atoms with Crippen molar-refractivity contribution in [3.05, 3.63) is 18.2 Å². The second-order valence-corrected chi connectivity index (χ2v) is 10.5. The average Bonchev–Trinajstić information content (AvgIpc) is 2.72. The molecule has 168 valence electrons. The number of amides is 1. The molecule has 0 unspecified atom stereocenters. The Kier molecular flexibility index (Phi) is 7.99. The molecular weight excluding hydrogens is 400 g/mol. The number of piperidine rings is 1. The Balaban J connectivity index is 1.75. The summed E-state index contributed by atoms with van der Waals surface area (Å²) in [6.45, 7) is 2.95. The van der Waals surface area contributed by atoms with E-state index in [-0.39, 0.29) is 17.3 Å². The van der Waals surface area contributed by atoms with E-state index in [1.54, 1.807) is 16.4 Å². The number of carbonyl (C=O) groups excluding carboxylic acids is 1. The molecule has 0 saturated carbocycles. The molecule has 0 aliphatic carbocycles. The van der Waals surface area contributed by atoms with Crippen molar-refractivity contribution >= 4 is 27.3 Å². The maximum Gasteiger partial charge on any atom is 0.243 e. The number of rotatable bonds is 6. The summed E-state index contributed by atoms with van der Waals surface area (Å²) in [6.07, 6.45) is 8.62. The lowest BCUT2D eigenvalue weighted by Crippen LogP contribution is -2.38. The van der Waals surface area contributed by atoms with E-state index >= 15 is 0 Å². The fourth-order valence-electron chi connectivity index (χ4n) is 4.24. The molecule has 1 N–H and O–H groups in total. The fourth-order valence-corrected chi connectivity index (χ4v) is 5.78. The summed E-state index contributed by atoms with van der Waals surface area (Å²) in [4.78, 5) is 16.9. The molecule has 0 radical (unpaired) electrons. The predicted octanol–water partition coefficient (Wildman–Crippen LogP) is 3.13. The zero-order chi connectivity index (χ0) is 21.6. The normalized spacial score (nSPS) is 19.1. The van der Waals surface area contributed by atoms with Crippen molar-refractivity contribution < 1.29 is 13.2 Å². The van der Waals surface area contributed by atoms with Gasteiger partial charge in [0.2, 0.25) is 15.9 Å². The van der Waals surface area contributed by atoms with E-state index in [4.69, 9.17) is 0 Å². The van der Waals surface area contributed by atoms with E-state index in [1.165, 1.54) is 19.3 Å². The Labute approximate surface area is 181 Å². The summed E-state index contributed by atoms with van der Waals surface area (Å²) >= 11 is 0. The van der Waals surface area contributed by atoms with E-state index in [2.05, 4.69) is 5.32 Å². The lowest BCUT2D eigenvalue weighted by atomic mass is 10.1. The van der Waals surface area contributed by atoms with Crippen molar-refractivity contribution in [1.82, 2.24) is 9.21 Å². The summed E-state index contributed by atoms with van der Waals surface area (Å²) in [5.41, 5.74) is 1.55. The number of anilines is 2. The summed E-state index contributed by atoms with van der Waals surface area (Å²) in [6, 6.07) is 5.17. The highest BCUT2D eigenvalue weighted by Crippen LogP contribution is 2.30. The van der Waals surface area contributed by atoms with Crippen LogP contribution in [0, 0.1) is 0 Å². The van der Waals surface area contributed by atoms with Crippen molar-refractivity contribution in [3.8, 4) is 0 Å². The smallest absolute Gasteiger partial charge is 0.243 e. The minimum absolute atomic E-state index is 0.0749. The van der Waals surface area contributed by atoms with Crippen LogP contribution in [-0.4, -0.2) is 70.3 Å². The Bertz CT molecular complexity index is 812.